The fourth-order valence-corrected chi connectivity index (χ4v) is 3.18. The molecule has 0 aromatic rings. The van der Waals surface area contributed by atoms with Gasteiger partial charge in [-0.1, -0.05) is 19.3 Å². The van der Waals surface area contributed by atoms with Crippen molar-refractivity contribution in [2.45, 2.75) is 38.2 Å². The molecular formula is C14H28N2O2. The van der Waals surface area contributed by atoms with Crippen LogP contribution in [0.4, 0.5) is 0 Å². The van der Waals surface area contributed by atoms with Gasteiger partial charge in [0.05, 0.1) is 12.7 Å². The first kappa shape index (κ1) is 14.3. The second-order valence-electron chi connectivity index (χ2n) is 6.10. The lowest BCUT2D eigenvalue weighted by Crippen LogP contribution is -2.47. The Hall–Kier alpha value is -0.160. The molecule has 1 unspecified atom stereocenters. The molecule has 1 heterocycles. The highest BCUT2D eigenvalue weighted by atomic mass is 16.5. The van der Waals surface area contributed by atoms with Gasteiger partial charge in [0.15, 0.2) is 0 Å². The molecule has 4 heteroatoms. The van der Waals surface area contributed by atoms with Gasteiger partial charge in [-0.3, -0.25) is 0 Å². The molecule has 2 fully saturated rings. The van der Waals surface area contributed by atoms with E-state index in [4.69, 9.17) is 4.74 Å². The van der Waals surface area contributed by atoms with E-state index < -0.39 is 0 Å². The standard InChI is InChI=1S/C14H28N2O2/c1-16-7-8-18-13(10-16)9-15-11-14(12-17)5-3-2-4-6-14/h13,15,17H,2-12H2,1H3. The third-order valence-corrected chi connectivity index (χ3v) is 4.46. The summed E-state index contributed by atoms with van der Waals surface area (Å²) in [5.41, 5.74) is 0.138. The van der Waals surface area contributed by atoms with E-state index in [9.17, 15) is 5.11 Å². The average Bonchev–Trinajstić information content (AvgIpc) is 2.40. The smallest absolute Gasteiger partial charge is 0.0826 e. The van der Waals surface area contributed by atoms with E-state index in [1.807, 2.05) is 0 Å². The normalized spacial score (nSPS) is 29.3. The number of morpholine rings is 1. The van der Waals surface area contributed by atoms with Crippen LogP contribution in [0, 0.1) is 5.41 Å². The van der Waals surface area contributed by atoms with Crippen LogP contribution in [0.3, 0.4) is 0 Å². The Labute approximate surface area is 111 Å². The van der Waals surface area contributed by atoms with Crippen molar-refractivity contribution in [3.05, 3.63) is 0 Å². The minimum absolute atomic E-state index is 0.138. The molecule has 4 nitrogen and oxygen atoms in total. The molecule has 2 N–H and O–H groups in total. The fraction of sp³-hybridized carbons (Fsp3) is 1.00. The van der Waals surface area contributed by atoms with Gasteiger partial charge in [0.2, 0.25) is 0 Å². The second-order valence-corrected chi connectivity index (χ2v) is 6.10. The summed E-state index contributed by atoms with van der Waals surface area (Å²) in [4.78, 5) is 2.32. The Bertz CT molecular complexity index is 242. The van der Waals surface area contributed by atoms with Crippen LogP contribution in [0.2, 0.25) is 0 Å². The summed E-state index contributed by atoms with van der Waals surface area (Å²) in [5.74, 6) is 0. The molecule has 0 amide bonds. The quantitative estimate of drug-likeness (QED) is 0.765. The van der Waals surface area contributed by atoms with Crippen LogP contribution >= 0.6 is 0 Å². The molecule has 1 saturated heterocycles. The number of nitrogens with one attached hydrogen (secondary N) is 1. The molecule has 0 radical (unpaired) electrons. The summed E-state index contributed by atoms with van der Waals surface area (Å²) < 4.78 is 5.74. The highest BCUT2D eigenvalue weighted by molar-refractivity contribution is 4.85. The summed E-state index contributed by atoms with van der Waals surface area (Å²) in [6.45, 7) is 5.06. The number of aliphatic hydroxyl groups is 1. The summed E-state index contributed by atoms with van der Waals surface area (Å²) >= 11 is 0. The first-order valence-electron chi connectivity index (χ1n) is 7.36. The second kappa shape index (κ2) is 6.85. The van der Waals surface area contributed by atoms with Gasteiger partial charge in [-0.2, -0.15) is 0 Å². The van der Waals surface area contributed by atoms with Gasteiger partial charge >= 0.3 is 0 Å². The van der Waals surface area contributed by atoms with E-state index in [-0.39, 0.29) is 5.41 Å². The molecule has 1 saturated carbocycles. The number of rotatable bonds is 5. The molecule has 2 rings (SSSR count). The number of nitrogens with zero attached hydrogens (tertiary/aromatic N) is 1. The number of likely N-dealkylation sites (N-methyl/N-ethyl adjacent to an activating group) is 1. The highest BCUT2D eigenvalue weighted by Gasteiger charge is 2.31. The van der Waals surface area contributed by atoms with Crippen molar-refractivity contribution < 1.29 is 9.84 Å². The Morgan fingerprint density at radius 1 is 1.33 bits per heavy atom. The van der Waals surface area contributed by atoms with Gasteiger partial charge in [0.1, 0.15) is 0 Å². The number of aliphatic hydroxyl groups excluding tert-OH is 1. The molecule has 0 bridgehead atoms. The Morgan fingerprint density at radius 3 is 2.78 bits per heavy atom. The maximum absolute atomic E-state index is 9.64. The van der Waals surface area contributed by atoms with E-state index in [1.165, 1.54) is 32.1 Å². The van der Waals surface area contributed by atoms with Crippen molar-refractivity contribution in [1.82, 2.24) is 10.2 Å². The predicted molar refractivity (Wildman–Crippen MR) is 72.7 cm³/mol. The maximum atomic E-state index is 9.64. The van der Waals surface area contributed by atoms with Crippen molar-refractivity contribution in [3.8, 4) is 0 Å². The van der Waals surface area contributed by atoms with Crippen molar-refractivity contribution >= 4 is 0 Å². The summed E-state index contributed by atoms with van der Waals surface area (Å²) in [7, 11) is 2.14. The first-order chi connectivity index (χ1) is 8.74. The minimum atomic E-state index is 0.138. The molecule has 0 aromatic heterocycles. The van der Waals surface area contributed by atoms with Gasteiger partial charge in [-0.25, -0.2) is 0 Å². The minimum Gasteiger partial charge on any atom is -0.396 e. The van der Waals surface area contributed by atoms with Crippen molar-refractivity contribution in [2.75, 3.05) is 46.4 Å². The van der Waals surface area contributed by atoms with E-state index in [0.29, 0.717) is 12.7 Å². The number of ether oxygens (including phenoxy) is 1. The van der Waals surface area contributed by atoms with Gasteiger partial charge in [0, 0.05) is 38.2 Å². The Balaban J connectivity index is 1.69. The zero-order chi connectivity index (χ0) is 12.8. The Kier molecular flexibility index (Phi) is 5.42. The summed E-state index contributed by atoms with van der Waals surface area (Å²) in [6, 6.07) is 0. The fourth-order valence-electron chi connectivity index (χ4n) is 3.18. The predicted octanol–water partition coefficient (Wildman–Crippen LogP) is 0.849. The highest BCUT2D eigenvalue weighted by Crippen LogP contribution is 2.35. The van der Waals surface area contributed by atoms with Crippen LogP contribution in [0.1, 0.15) is 32.1 Å². The molecule has 0 aromatic carbocycles. The van der Waals surface area contributed by atoms with E-state index in [2.05, 4.69) is 17.3 Å². The molecule has 2 aliphatic rings. The summed E-state index contributed by atoms with van der Waals surface area (Å²) in [5, 5.41) is 13.2. The van der Waals surface area contributed by atoms with Crippen LogP contribution in [-0.2, 0) is 4.74 Å². The van der Waals surface area contributed by atoms with Gasteiger partial charge in [-0.05, 0) is 19.9 Å². The Morgan fingerprint density at radius 2 is 2.11 bits per heavy atom. The van der Waals surface area contributed by atoms with E-state index in [1.54, 1.807) is 0 Å². The van der Waals surface area contributed by atoms with Crippen molar-refractivity contribution in [2.24, 2.45) is 5.41 Å². The van der Waals surface area contributed by atoms with Crippen LogP contribution < -0.4 is 5.32 Å². The molecule has 1 aliphatic carbocycles. The zero-order valence-corrected chi connectivity index (χ0v) is 11.7. The molecule has 1 aliphatic heterocycles. The lowest BCUT2D eigenvalue weighted by molar-refractivity contribution is -0.0208. The topological polar surface area (TPSA) is 44.7 Å². The molecule has 106 valence electrons. The number of hydrogen-bond donors (Lipinski definition) is 2. The SMILES string of the molecule is CN1CCOC(CNCC2(CO)CCCCC2)C1. The third kappa shape index (κ3) is 3.92. The van der Waals surface area contributed by atoms with Crippen molar-refractivity contribution in [3.63, 3.8) is 0 Å². The van der Waals surface area contributed by atoms with Crippen LogP contribution in [0.5, 0.6) is 0 Å². The largest absolute Gasteiger partial charge is 0.396 e. The number of hydrogen-bond acceptors (Lipinski definition) is 4. The molecule has 18 heavy (non-hydrogen) atoms. The van der Waals surface area contributed by atoms with Gasteiger partial charge < -0.3 is 20.1 Å². The molecule has 1 atom stereocenters. The third-order valence-electron chi connectivity index (χ3n) is 4.46. The monoisotopic (exact) mass is 256 g/mol. The van der Waals surface area contributed by atoms with Crippen molar-refractivity contribution in [1.29, 1.82) is 0 Å². The maximum Gasteiger partial charge on any atom is 0.0826 e. The zero-order valence-electron chi connectivity index (χ0n) is 11.7. The van der Waals surface area contributed by atoms with Crippen LogP contribution in [0.15, 0.2) is 0 Å². The van der Waals surface area contributed by atoms with Crippen LogP contribution in [-0.4, -0.2) is 62.6 Å². The first-order valence-corrected chi connectivity index (χ1v) is 7.36. The molecular weight excluding hydrogens is 228 g/mol. The molecule has 0 spiro atoms. The average molecular weight is 256 g/mol. The lowest BCUT2D eigenvalue weighted by atomic mass is 9.74. The van der Waals surface area contributed by atoms with Crippen LogP contribution in [0.25, 0.3) is 0 Å². The lowest BCUT2D eigenvalue weighted by Gasteiger charge is -2.37. The van der Waals surface area contributed by atoms with Gasteiger partial charge in [-0.15, -0.1) is 0 Å². The summed E-state index contributed by atoms with van der Waals surface area (Å²) in [6.07, 6.45) is 6.51. The van der Waals surface area contributed by atoms with Gasteiger partial charge in [0.25, 0.3) is 0 Å². The van der Waals surface area contributed by atoms with E-state index >= 15 is 0 Å². The van der Waals surface area contributed by atoms with E-state index in [0.717, 1.165) is 32.8 Å².